The fourth-order valence-electron chi connectivity index (χ4n) is 2.05. The van der Waals surface area contributed by atoms with Gasteiger partial charge in [-0.2, -0.15) is 0 Å². The first-order valence-electron chi connectivity index (χ1n) is 6.34. The maximum absolute atomic E-state index is 11.4. The van der Waals surface area contributed by atoms with Crippen molar-refractivity contribution < 1.29 is 4.79 Å². The summed E-state index contributed by atoms with van der Waals surface area (Å²) in [6.07, 6.45) is 2.65. The van der Waals surface area contributed by atoms with Crippen molar-refractivity contribution in [2.45, 2.75) is 39.7 Å². The van der Waals surface area contributed by atoms with E-state index in [9.17, 15) is 4.79 Å². The monoisotopic (exact) mass is 227 g/mol. The summed E-state index contributed by atoms with van der Waals surface area (Å²) in [4.78, 5) is 13.8. The number of carbonyl (C=O) groups is 1. The van der Waals surface area contributed by atoms with E-state index in [0.717, 1.165) is 13.1 Å². The summed E-state index contributed by atoms with van der Waals surface area (Å²) in [6.45, 7) is 10.4. The molecule has 1 fully saturated rings. The van der Waals surface area contributed by atoms with Gasteiger partial charge in [0.15, 0.2) is 0 Å². The maximum Gasteiger partial charge on any atom is 0.314 e. The maximum atomic E-state index is 11.4. The molecule has 0 aromatic carbocycles. The van der Waals surface area contributed by atoms with Gasteiger partial charge in [0.25, 0.3) is 0 Å². The Morgan fingerprint density at radius 1 is 1.25 bits per heavy atom. The van der Waals surface area contributed by atoms with E-state index in [0.29, 0.717) is 5.92 Å². The summed E-state index contributed by atoms with van der Waals surface area (Å²) in [7, 11) is 0. The molecule has 1 saturated heterocycles. The quantitative estimate of drug-likeness (QED) is 0.746. The molecule has 0 aliphatic carbocycles. The van der Waals surface area contributed by atoms with Gasteiger partial charge in [-0.25, -0.2) is 4.79 Å². The number of hydrogen-bond donors (Lipinski definition) is 2. The standard InChI is InChI=1S/C12H25N3O/c1-10(2)14-12(16)13-8-11(3)9-15-6-4-5-7-15/h10-11H,4-9H2,1-3H3,(H2,13,14,16). The Hall–Kier alpha value is -0.770. The molecule has 0 bridgehead atoms. The normalized spacial score (nSPS) is 18.8. The van der Waals surface area contributed by atoms with Crippen LogP contribution in [0.15, 0.2) is 0 Å². The lowest BCUT2D eigenvalue weighted by Crippen LogP contribution is -2.42. The van der Waals surface area contributed by atoms with E-state index in [-0.39, 0.29) is 12.1 Å². The van der Waals surface area contributed by atoms with Gasteiger partial charge in [0.1, 0.15) is 0 Å². The van der Waals surface area contributed by atoms with Gasteiger partial charge >= 0.3 is 6.03 Å². The largest absolute Gasteiger partial charge is 0.338 e. The zero-order chi connectivity index (χ0) is 12.0. The van der Waals surface area contributed by atoms with E-state index in [1.807, 2.05) is 13.8 Å². The molecule has 1 aliphatic rings. The lowest BCUT2D eigenvalue weighted by atomic mass is 10.1. The number of likely N-dealkylation sites (tertiary alicyclic amines) is 1. The SMILES string of the molecule is CC(CNC(=O)NC(C)C)CN1CCCC1. The van der Waals surface area contributed by atoms with Crippen LogP contribution in [0.25, 0.3) is 0 Å². The van der Waals surface area contributed by atoms with E-state index in [2.05, 4.69) is 22.5 Å². The molecule has 0 saturated carbocycles. The van der Waals surface area contributed by atoms with Gasteiger partial charge in [-0.1, -0.05) is 6.92 Å². The van der Waals surface area contributed by atoms with Crippen molar-refractivity contribution in [2.75, 3.05) is 26.2 Å². The highest BCUT2D eigenvalue weighted by Crippen LogP contribution is 2.09. The lowest BCUT2D eigenvalue weighted by Gasteiger charge is -2.20. The third kappa shape index (κ3) is 5.35. The van der Waals surface area contributed by atoms with Crippen LogP contribution < -0.4 is 10.6 Å². The van der Waals surface area contributed by atoms with Crippen molar-refractivity contribution in [2.24, 2.45) is 5.92 Å². The molecule has 2 N–H and O–H groups in total. The number of nitrogens with zero attached hydrogens (tertiary/aromatic N) is 1. The van der Waals surface area contributed by atoms with Crippen LogP contribution in [0.4, 0.5) is 4.79 Å². The van der Waals surface area contributed by atoms with Crippen molar-refractivity contribution in [3.63, 3.8) is 0 Å². The van der Waals surface area contributed by atoms with Gasteiger partial charge in [0.05, 0.1) is 0 Å². The average Bonchev–Trinajstić information content (AvgIpc) is 2.66. The van der Waals surface area contributed by atoms with Gasteiger partial charge < -0.3 is 15.5 Å². The van der Waals surface area contributed by atoms with Gasteiger partial charge in [0, 0.05) is 19.1 Å². The van der Waals surface area contributed by atoms with E-state index < -0.39 is 0 Å². The Bertz CT molecular complexity index is 212. The van der Waals surface area contributed by atoms with Crippen LogP contribution in [-0.4, -0.2) is 43.2 Å². The number of urea groups is 1. The molecular weight excluding hydrogens is 202 g/mol. The summed E-state index contributed by atoms with van der Waals surface area (Å²) >= 11 is 0. The molecule has 0 aromatic heterocycles. The Kier molecular flexibility index (Phi) is 5.60. The molecular formula is C12H25N3O. The molecule has 0 spiro atoms. The van der Waals surface area contributed by atoms with Gasteiger partial charge in [0.2, 0.25) is 0 Å². The third-order valence-electron chi connectivity index (χ3n) is 2.80. The topological polar surface area (TPSA) is 44.4 Å². The van der Waals surface area contributed by atoms with E-state index in [1.54, 1.807) is 0 Å². The Morgan fingerprint density at radius 2 is 1.88 bits per heavy atom. The minimum Gasteiger partial charge on any atom is -0.338 e. The smallest absolute Gasteiger partial charge is 0.314 e. The molecule has 1 atom stereocenters. The Morgan fingerprint density at radius 3 is 2.44 bits per heavy atom. The molecule has 94 valence electrons. The second-order valence-corrected chi connectivity index (χ2v) is 5.12. The molecule has 4 heteroatoms. The zero-order valence-corrected chi connectivity index (χ0v) is 10.8. The first-order valence-corrected chi connectivity index (χ1v) is 6.34. The molecule has 1 rings (SSSR count). The summed E-state index contributed by atoms with van der Waals surface area (Å²) in [5, 5.41) is 5.74. The minimum absolute atomic E-state index is 0.0525. The van der Waals surface area contributed by atoms with Crippen molar-refractivity contribution in [3.8, 4) is 0 Å². The van der Waals surface area contributed by atoms with Crippen LogP contribution >= 0.6 is 0 Å². The molecule has 1 heterocycles. The number of nitrogens with one attached hydrogen (secondary N) is 2. The second kappa shape index (κ2) is 6.74. The Balaban J connectivity index is 2.09. The van der Waals surface area contributed by atoms with Crippen LogP contribution in [0.5, 0.6) is 0 Å². The van der Waals surface area contributed by atoms with E-state index in [4.69, 9.17) is 0 Å². The van der Waals surface area contributed by atoms with Crippen LogP contribution in [0, 0.1) is 5.92 Å². The predicted molar refractivity (Wildman–Crippen MR) is 66.5 cm³/mol. The summed E-state index contributed by atoms with van der Waals surface area (Å²) < 4.78 is 0. The fourth-order valence-corrected chi connectivity index (χ4v) is 2.05. The minimum atomic E-state index is -0.0525. The van der Waals surface area contributed by atoms with Crippen molar-refractivity contribution in [1.82, 2.24) is 15.5 Å². The first-order chi connectivity index (χ1) is 7.58. The van der Waals surface area contributed by atoms with Gasteiger partial charge in [-0.3, -0.25) is 0 Å². The molecule has 1 unspecified atom stereocenters. The first kappa shape index (κ1) is 13.3. The number of carbonyl (C=O) groups excluding carboxylic acids is 1. The zero-order valence-electron chi connectivity index (χ0n) is 10.8. The number of rotatable bonds is 5. The highest BCUT2D eigenvalue weighted by molar-refractivity contribution is 5.74. The van der Waals surface area contributed by atoms with Crippen molar-refractivity contribution >= 4 is 6.03 Å². The molecule has 4 nitrogen and oxygen atoms in total. The van der Waals surface area contributed by atoms with E-state index in [1.165, 1.54) is 25.9 Å². The van der Waals surface area contributed by atoms with Crippen LogP contribution in [0.1, 0.15) is 33.6 Å². The van der Waals surface area contributed by atoms with Crippen LogP contribution in [-0.2, 0) is 0 Å². The summed E-state index contributed by atoms with van der Waals surface area (Å²) in [5.41, 5.74) is 0. The van der Waals surface area contributed by atoms with Gasteiger partial charge in [-0.05, 0) is 45.7 Å². The molecule has 0 radical (unpaired) electrons. The Labute approximate surface area is 98.8 Å². The van der Waals surface area contributed by atoms with Crippen molar-refractivity contribution in [3.05, 3.63) is 0 Å². The van der Waals surface area contributed by atoms with Crippen LogP contribution in [0.2, 0.25) is 0 Å². The van der Waals surface area contributed by atoms with Crippen molar-refractivity contribution in [1.29, 1.82) is 0 Å². The predicted octanol–water partition coefficient (Wildman–Crippen LogP) is 1.43. The highest BCUT2D eigenvalue weighted by Gasteiger charge is 2.14. The molecule has 1 aliphatic heterocycles. The fraction of sp³-hybridized carbons (Fsp3) is 0.917. The molecule has 16 heavy (non-hydrogen) atoms. The number of amides is 2. The highest BCUT2D eigenvalue weighted by atomic mass is 16.2. The average molecular weight is 227 g/mol. The van der Waals surface area contributed by atoms with Crippen LogP contribution in [0.3, 0.4) is 0 Å². The lowest BCUT2D eigenvalue weighted by molar-refractivity contribution is 0.233. The third-order valence-corrected chi connectivity index (χ3v) is 2.80. The number of hydrogen-bond acceptors (Lipinski definition) is 2. The molecule has 2 amide bonds. The second-order valence-electron chi connectivity index (χ2n) is 5.12. The summed E-state index contributed by atoms with van der Waals surface area (Å²) in [5.74, 6) is 0.524. The van der Waals surface area contributed by atoms with E-state index >= 15 is 0 Å². The molecule has 0 aromatic rings. The van der Waals surface area contributed by atoms with Gasteiger partial charge in [-0.15, -0.1) is 0 Å². The summed E-state index contributed by atoms with van der Waals surface area (Å²) in [6, 6.07) is 0.150.